The molecule has 0 saturated heterocycles. The van der Waals surface area contributed by atoms with Crippen molar-refractivity contribution in [3.8, 4) is 0 Å². The number of anilines is 3. The predicted molar refractivity (Wildman–Crippen MR) is 113 cm³/mol. The van der Waals surface area contributed by atoms with Crippen LogP contribution >= 0.6 is 0 Å². The van der Waals surface area contributed by atoms with Gasteiger partial charge in [0.05, 0.1) is 21.7 Å². The van der Waals surface area contributed by atoms with E-state index < -0.39 is 20.0 Å². The van der Waals surface area contributed by atoms with Crippen molar-refractivity contribution >= 4 is 43.0 Å². The zero-order valence-electron chi connectivity index (χ0n) is 15.7. The summed E-state index contributed by atoms with van der Waals surface area (Å²) >= 11 is 0. The first-order chi connectivity index (χ1) is 14.2. The van der Waals surface area contributed by atoms with Crippen LogP contribution in [0.25, 0.3) is 0 Å². The van der Waals surface area contributed by atoms with E-state index in [1.807, 2.05) is 0 Å². The minimum atomic E-state index is -3.89. The first-order valence-electron chi connectivity index (χ1n) is 8.59. The second kappa shape index (κ2) is 8.51. The van der Waals surface area contributed by atoms with Crippen molar-refractivity contribution in [3.05, 3.63) is 73.1 Å². The average molecular weight is 447 g/mol. The Labute approximate surface area is 174 Å². The highest BCUT2D eigenvalue weighted by Crippen LogP contribution is 2.21. The Hall–Kier alpha value is -3.44. The quantitative estimate of drug-likeness (QED) is 0.511. The van der Waals surface area contributed by atoms with E-state index in [1.165, 1.54) is 67.8 Å². The number of carbonyl (C=O) groups is 1. The maximum atomic E-state index is 12.5. The van der Waals surface area contributed by atoms with Crippen LogP contribution in [-0.2, 0) is 24.8 Å². The molecule has 0 radical (unpaired) electrons. The standard InChI is InChI=1S/C19H18N4O5S2/c1-14(24)21-15-4-8-18(9-5-15)29(25,26)22-16-6-10-19(11-7-16)30(27,28)23-17-3-2-12-20-13-17/h2-13,22-23H,1H3,(H,21,24). The molecule has 0 atom stereocenters. The fourth-order valence-corrected chi connectivity index (χ4v) is 4.58. The maximum absolute atomic E-state index is 12.5. The van der Waals surface area contributed by atoms with Gasteiger partial charge in [-0.15, -0.1) is 0 Å². The Morgan fingerprint density at radius 1 is 0.733 bits per heavy atom. The maximum Gasteiger partial charge on any atom is 0.261 e. The van der Waals surface area contributed by atoms with Gasteiger partial charge in [-0.3, -0.25) is 19.2 Å². The first kappa shape index (κ1) is 21.3. The summed E-state index contributed by atoms with van der Waals surface area (Å²) in [5.74, 6) is -0.267. The summed E-state index contributed by atoms with van der Waals surface area (Å²) in [6.45, 7) is 1.35. The van der Waals surface area contributed by atoms with E-state index in [0.717, 1.165) is 0 Å². The molecule has 0 fully saturated rings. The number of carbonyl (C=O) groups excluding carboxylic acids is 1. The van der Waals surface area contributed by atoms with Gasteiger partial charge in [0.25, 0.3) is 20.0 Å². The predicted octanol–water partition coefficient (Wildman–Crippen LogP) is 2.64. The van der Waals surface area contributed by atoms with Gasteiger partial charge in [-0.05, 0) is 60.7 Å². The van der Waals surface area contributed by atoms with Crippen molar-refractivity contribution in [1.82, 2.24) is 4.98 Å². The van der Waals surface area contributed by atoms with E-state index in [4.69, 9.17) is 0 Å². The molecule has 1 heterocycles. The summed E-state index contributed by atoms with van der Waals surface area (Å²) in [6.07, 6.45) is 2.89. The number of amides is 1. The molecule has 1 aromatic heterocycles. The monoisotopic (exact) mass is 446 g/mol. The highest BCUT2D eigenvalue weighted by molar-refractivity contribution is 7.93. The molecule has 1 amide bonds. The molecule has 3 aromatic rings. The highest BCUT2D eigenvalue weighted by atomic mass is 32.2. The number of nitrogens with zero attached hydrogens (tertiary/aromatic N) is 1. The minimum absolute atomic E-state index is 0.00783. The Balaban J connectivity index is 1.73. The van der Waals surface area contributed by atoms with E-state index in [0.29, 0.717) is 11.4 Å². The van der Waals surface area contributed by atoms with Crippen LogP contribution in [0.15, 0.2) is 82.8 Å². The molecule has 30 heavy (non-hydrogen) atoms. The third-order valence-electron chi connectivity index (χ3n) is 3.82. The lowest BCUT2D eigenvalue weighted by Gasteiger charge is -2.11. The molecule has 0 spiro atoms. The number of hydrogen-bond acceptors (Lipinski definition) is 6. The molecule has 0 aliphatic carbocycles. The van der Waals surface area contributed by atoms with Crippen LogP contribution in [0.4, 0.5) is 17.1 Å². The van der Waals surface area contributed by atoms with Gasteiger partial charge in [0.15, 0.2) is 0 Å². The van der Waals surface area contributed by atoms with E-state index in [1.54, 1.807) is 12.1 Å². The van der Waals surface area contributed by atoms with Crippen LogP contribution < -0.4 is 14.8 Å². The molecule has 3 N–H and O–H groups in total. The van der Waals surface area contributed by atoms with Crippen molar-refractivity contribution in [1.29, 1.82) is 0 Å². The van der Waals surface area contributed by atoms with Crippen molar-refractivity contribution in [2.24, 2.45) is 0 Å². The second-order valence-electron chi connectivity index (χ2n) is 6.18. The van der Waals surface area contributed by atoms with E-state index >= 15 is 0 Å². The molecule has 0 aliphatic rings. The molecule has 156 valence electrons. The summed E-state index contributed by atoms with van der Waals surface area (Å²) in [7, 11) is -7.73. The van der Waals surface area contributed by atoms with Gasteiger partial charge in [-0.25, -0.2) is 16.8 Å². The molecule has 0 saturated carbocycles. The molecular formula is C19H18N4O5S2. The molecule has 0 unspecified atom stereocenters. The summed E-state index contributed by atoms with van der Waals surface area (Å²) in [5.41, 5.74) is 0.975. The van der Waals surface area contributed by atoms with Crippen LogP contribution in [-0.4, -0.2) is 27.7 Å². The van der Waals surface area contributed by atoms with Crippen LogP contribution in [0.5, 0.6) is 0 Å². The number of hydrogen-bond donors (Lipinski definition) is 3. The lowest BCUT2D eigenvalue weighted by molar-refractivity contribution is -0.114. The molecular weight excluding hydrogens is 428 g/mol. The van der Waals surface area contributed by atoms with E-state index in [-0.39, 0.29) is 21.4 Å². The van der Waals surface area contributed by atoms with Gasteiger partial charge >= 0.3 is 0 Å². The Morgan fingerprint density at radius 3 is 1.70 bits per heavy atom. The summed E-state index contributed by atoms with van der Waals surface area (Å²) in [5, 5.41) is 2.55. The smallest absolute Gasteiger partial charge is 0.261 e. The zero-order chi connectivity index (χ0) is 21.8. The SMILES string of the molecule is CC(=O)Nc1ccc(S(=O)(=O)Nc2ccc(S(=O)(=O)Nc3cccnc3)cc2)cc1. The van der Waals surface area contributed by atoms with Crippen LogP contribution in [0.3, 0.4) is 0 Å². The number of aromatic nitrogens is 1. The van der Waals surface area contributed by atoms with Gasteiger partial charge in [-0.1, -0.05) is 0 Å². The lowest BCUT2D eigenvalue weighted by atomic mass is 10.3. The molecule has 0 aliphatic heterocycles. The van der Waals surface area contributed by atoms with Gasteiger partial charge < -0.3 is 5.32 Å². The summed E-state index contributed by atoms with van der Waals surface area (Å²) < 4.78 is 54.7. The van der Waals surface area contributed by atoms with Gasteiger partial charge in [0.2, 0.25) is 5.91 Å². The molecule has 11 heteroatoms. The van der Waals surface area contributed by atoms with Gasteiger partial charge in [-0.2, -0.15) is 0 Å². The molecule has 0 bridgehead atoms. The molecule has 3 rings (SSSR count). The fraction of sp³-hybridized carbons (Fsp3) is 0.0526. The first-order valence-corrected chi connectivity index (χ1v) is 11.6. The third kappa shape index (κ3) is 5.33. The van der Waals surface area contributed by atoms with Crippen molar-refractivity contribution in [2.45, 2.75) is 16.7 Å². The minimum Gasteiger partial charge on any atom is -0.326 e. The fourth-order valence-electron chi connectivity index (χ4n) is 2.47. The van der Waals surface area contributed by atoms with E-state index in [2.05, 4.69) is 19.7 Å². The zero-order valence-corrected chi connectivity index (χ0v) is 17.4. The summed E-state index contributed by atoms with van der Waals surface area (Å²) in [6, 6.07) is 14.1. The number of rotatable bonds is 7. The average Bonchev–Trinajstić information content (AvgIpc) is 2.68. The van der Waals surface area contributed by atoms with Crippen molar-refractivity contribution < 1.29 is 21.6 Å². The van der Waals surface area contributed by atoms with Crippen LogP contribution in [0.2, 0.25) is 0 Å². The number of sulfonamides is 2. The summed E-state index contributed by atoms with van der Waals surface area (Å²) in [4.78, 5) is 14.8. The highest BCUT2D eigenvalue weighted by Gasteiger charge is 2.17. The number of benzene rings is 2. The Bertz CT molecular complexity index is 1240. The molecule has 2 aromatic carbocycles. The molecule has 9 nitrogen and oxygen atoms in total. The van der Waals surface area contributed by atoms with Crippen LogP contribution in [0.1, 0.15) is 6.92 Å². The van der Waals surface area contributed by atoms with Crippen LogP contribution in [0, 0.1) is 0 Å². The third-order valence-corrected chi connectivity index (χ3v) is 6.61. The lowest BCUT2D eigenvalue weighted by Crippen LogP contribution is -2.15. The van der Waals surface area contributed by atoms with Gasteiger partial charge in [0.1, 0.15) is 0 Å². The van der Waals surface area contributed by atoms with Crippen molar-refractivity contribution in [2.75, 3.05) is 14.8 Å². The number of nitrogens with one attached hydrogen (secondary N) is 3. The van der Waals surface area contributed by atoms with Crippen molar-refractivity contribution in [3.63, 3.8) is 0 Å². The topological polar surface area (TPSA) is 134 Å². The second-order valence-corrected chi connectivity index (χ2v) is 9.55. The Morgan fingerprint density at radius 2 is 1.23 bits per heavy atom. The van der Waals surface area contributed by atoms with E-state index in [9.17, 15) is 21.6 Å². The Kier molecular flexibility index (Phi) is 6.04. The number of pyridine rings is 1. The normalized spacial score (nSPS) is 11.5. The largest absolute Gasteiger partial charge is 0.326 e. The van der Waals surface area contributed by atoms with Gasteiger partial charge in [0, 0.05) is 24.5 Å².